The van der Waals surface area contributed by atoms with E-state index in [0.29, 0.717) is 29.0 Å². The fourth-order valence-electron chi connectivity index (χ4n) is 1.97. The number of nitrogens with one attached hydrogen (secondary N) is 1. The van der Waals surface area contributed by atoms with E-state index in [9.17, 15) is 9.18 Å². The summed E-state index contributed by atoms with van der Waals surface area (Å²) < 4.78 is 15.9. The third kappa shape index (κ3) is 3.85. The van der Waals surface area contributed by atoms with E-state index < -0.39 is 0 Å². The van der Waals surface area contributed by atoms with Gasteiger partial charge in [-0.25, -0.2) is 4.39 Å². The SMILES string of the molecule is CNC(=O)CSc1nnc(-c2ccccc2F)n1CC(C)C. The van der Waals surface area contributed by atoms with E-state index in [2.05, 4.69) is 29.4 Å². The number of thioether (sulfide) groups is 1. The molecule has 0 spiro atoms. The highest BCUT2D eigenvalue weighted by atomic mass is 32.2. The predicted molar refractivity (Wildman–Crippen MR) is 85.0 cm³/mol. The molecule has 22 heavy (non-hydrogen) atoms. The Bertz CT molecular complexity index is 657. The molecule has 1 aromatic heterocycles. The summed E-state index contributed by atoms with van der Waals surface area (Å²) in [5.41, 5.74) is 0.419. The summed E-state index contributed by atoms with van der Waals surface area (Å²) in [4.78, 5) is 11.4. The van der Waals surface area contributed by atoms with Gasteiger partial charge in [0.2, 0.25) is 5.91 Å². The van der Waals surface area contributed by atoms with Crippen LogP contribution in [0, 0.1) is 11.7 Å². The maximum Gasteiger partial charge on any atom is 0.230 e. The number of benzene rings is 1. The molecule has 0 aliphatic carbocycles. The third-order valence-electron chi connectivity index (χ3n) is 2.99. The van der Waals surface area contributed by atoms with Crippen LogP contribution in [0.5, 0.6) is 0 Å². The Balaban J connectivity index is 2.36. The molecule has 0 unspecified atom stereocenters. The number of halogens is 1. The number of nitrogens with zero attached hydrogens (tertiary/aromatic N) is 3. The van der Waals surface area contributed by atoms with Crippen molar-refractivity contribution >= 4 is 17.7 Å². The van der Waals surface area contributed by atoms with Gasteiger partial charge in [-0.3, -0.25) is 4.79 Å². The Labute approximate surface area is 133 Å². The minimum Gasteiger partial charge on any atom is -0.358 e. The number of carbonyl (C=O) groups excluding carboxylic acids is 1. The Morgan fingerprint density at radius 1 is 1.36 bits per heavy atom. The second-order valence-electron chi connectivity index (χ2n) is 5.25. The lowest BCUT2D eigenvalue weighted by atomic mass is 10.2. The van der Waals surface area contributed by atoms with E-state index in [1.54, 1.807) is 25.2 Å². The van der Waals surface area contributed by atoms with E-state index in [0.717, 1.165) is 0 Å². The first-order chi connectivity index (χ1) is 10.5. The molecule has 118 valence electrons. The molecule has 0 aliphatic rings. The van der Waals surface area contributed by atoms with Crippen LogP contribution < -0.4 is 5.32 Å². The highest BCUT2D eigenvalue weighted by Gasteiger charge is 2.18. The summed E-state index contributed by atoms with van der Waals surface area (Å²) in [6, 6.07) is 6.50. The van der Waals surface area contributed by atoms with Crippen LogP contribution in [0.2, 0.25) is 0 Å². The summed E-state index contributed by atoms with van der Waals surface area (Å²) in [7, 11) is 1.59. The lowest BCUT2D eigenvalue weighted by Gasteiger charge is -2.12. The second-order valence-corrected chi connectivity index (χ2v) is 6.19. The average Bonchev–Trinajstić information content (AvgIpc) is 2.87. The Morgan fingerprint density at radius 3 is 2.73 bits per heavy atom. The van der Waals surface area contributed by atoms with Crippen LogP contribution >= 0.6 is 11.8 Å². The van der Waals surface area contributed by atoms with Gasteiger partial charge in [0.1, 0.15) is 5.82 Å². The van der Waals surface area contributed by atoms with Gasteiger partial charge in [0.15, 0.2) is 11.0 Å². The van der Waals surface area contributed by atoms with Gasteiger partial charge < -0.3 is 9.88 Å². The molecule has 2 rings (SSSR count). The molecule has 1 aromatic carbocycles. The molecular weight excluding hydrogens is 303 g/mol. The van der Waals surface area contributed by atoms with E-state index in [1.165, 1.54) is 17.8 Å². The van der Waals surface area contributed by atoms with Crippen molar-refractivity contribution in [2.45, 2.75) is 25.5 Å². The minimum absolute atomic E-state index is 0.0865. The van der Waals surface area contributed by atoms with Crippen molar-refractivity contribution in [1.82, 2.24) is 20.1 Å². The molecule has 1 heterocycles. The highest BCUT2D eigenvalue weighted by Crippen LogP contribution is 2.26. The van der Waals surface area contributed by atoms with E-state index in [1.807, 2.05) is 4.57 Å². The van der Waals surface area contributed by atoms with Gasteiger partial charge in [-0.1, -0.05) is 37.7 Å². The number of carbonyl (C=O) groups is 1. The van der Waals surface area contributed by atoms with Crippen molar-refractivity contribution in [2.75, 3.05) is 12.8 Å². The lowest BCUT2D eigenvalue weighted by molar-refractivity contribution is -0.118. The van der Waals surface area contributed by atoms with Crippen LogP contribution in [0.3, 0.4) is 0 Å². The molecule has 0 saturated carbocycles. The highest BCUT2D eigenvalue weighted by molar-refractivity contribution is 7.99. The normalized spacial score (nSPS) is 11.0. The smallest absolute Gasteiger partial charge is 0.230 e. The van der Waals surface area contributed by atoms with Gasteiger partial charge in [-0.2, -0.15) is 0 Å². The molecule has 7 heteroatoms. The summed E-state index contributed by atoms with van der Waals surface area (Å²) in [6.45, 7) is 4.80. The van der Waals surface area contributed by atoms with Crippen LogP contribution in [0.15, 0.2) is 29.4 Å². The zero-order valence-electron chi connectivity index (χ0n) is 12.8. The zero-order valence-corrected chi connectivity index (χ0v) is 13.7. The molecule has 0 atom stereocenters. The number of amides is 1. The first-order valence-electron chi connectivity index (χ1n) is 7.04. The molecule has 0 saturated heterocycles. The fourth-order valence-corrected chi connectivity index (χ4v) is 2.79. The van der Waals surface area contributed by atoms with Gasteiger partial charge in [-0.15, -0.1) is 10.2 Å². The molecule has 0 radical (unpaired) electrons. The Kier molecular flexibility index (Phi) is 5.54. The molecule has 1 amide bonds. The maximum absolute atomic E-state index is 14.0. The molecule has 0 aliphatic heterocycles. The topological polar surface area (TPSA) is 59.8 Å². The van der Waals surface area contributed by atoms with Gasteiger partial charge in [0.25, 0.3) is 0 Å². The van der Waals surface area contributed by atoms with E-state index >= 15 is 0 Å². The zero-order chi connectivity index (χ0) is 16.1. The molecule has 2 aromatic rings. The van der Waals surface area contributed by atoms with Crippen molar-refractivity contribution in [1.29, 1.82) is 0 Å². The number of rotatable bonds is 6. The van der Waals surface area contributed by atoms with Crippen molar-refractivity contribution in [3.05, 3.63) is 30.1 Å². The standard InChI is InChI=1S/C15H19FN4OS/c1-10(2)8-20-14(11-6-4-5-7-12(11)16)18-19-15(20)22-9-13(21)17-3/h4-7,10H,8-9H2,1-3H3,(H,17,21). The Hall–Kier alpha value is -1.89. The van der Waals surface area contributed by atoms with Crippen LogP contribution in [-0.2, 0) is 11.3 Å². The molecule has 0 bridgehead atoms. The van der Waals surface area contributed by atoms with Gasteiger partial charge in [0.05, 0.1) is 11.3 Å². The van der Waals surface area contributed by atoms with E-state index in [-0.39, 0.29) is 17.5 Å². The van der Waals surface area contributed by atoms with Crippen LogP contribution in [-0.4, -0.2) is 33.5 Å². The largest absolute Gasteiger partial charge is 0.358 e. The van der Waals surface area contributed by atoms with E-state index in [4.69, 9.17) is 0 Å². The van der Waals surface area contributed by atoms with Crippen molar-refractivity contribution in [3.8, 4) is 11.4 Å². The fraction of sp³-hybridized carbons (Fsp3) is 0.400. The van der Waals surface area contributed by atoms with Crippen molar-refractivity contribution < 1.29 is 9.18 Å². The number of hydrogen-bond donors (Lipinski definition) is 1. The Morgan fingerprint density at radius 2 is 2.09 bits per heavy atom. The summed E-state index contributed by atoms with van der Waals surface area (Å²) in [6.07, 6.45) is 0. The van der Waals surface area contributed by atoms with Crippen molar-refractivity contribution in [2.24, 2.45) is 5.92 Å². The van der Waals surface area contributed by atoms with Crippen molar-refractivity contribution in [3.63, 3.8) is 0 Å². The second kappa shape index (κ2) is 7.40. The monoisotopic (exact) mass is 322 g/mol. The van der Waals surface area contributed by atoms with Crippen LogP contribution in [0.25, 0.3) is 11.4 Å². The summed E-state index contributed by atoms with van der Waals surface area (Å²) in [5.74, 6) is 0.677. The van der Waals surface area contributed by atoms with Crippen LogP contribution in [0.1, 0.15) is 13.8 Å². The molecule has 1 N–H and O–H groups in total. The quantitative estimate of drug-likeness (QED) is 0.831. The predicted octanol–water partition coefficient (Wildman–Crippen LogP) is 2.58. The minimum atomic E-state index is -0.331. The lowest BCUT2D eigenvalue weighted by Crippen LogP contribution is -2.20. The molecule has 5 nitrogen and oxygen atoms in total. The van der Waals surface area contributed by atoms with Gasteiger partial charge >= 0.3 is 0 Å². The maximum atomic E-state index is 14.0. The van der Waals surface area contributed by atoms with Crippen LogP contribution in [0.4, 0.5) is 4.39 Å². The third-order valence-corrected chi connectivity index (χ3v) is 3.96. The van der Waals surface area contributed by atoms with Gasteiger partial charge in [0, 0.05) is 13.6 Å². The average molecular weight is 322 g/mol. The first kappa shape index (κ1) is 16.5. The number of aromatic nitrogens is 3. The van der Waals surface area contributed by atoms with Gasteiger partial charge in [-0.05, 0) is 18.1 Å². The molecule has 0 fully saturated rings. The summed E-state index contributed by atoms with van der Waals surface area (Å²) >= 11 is 1.30. The molecular formula is C15H19FN4OS. The number of hydrogen-bond acceptors (Lipinski definition) is 4. The summed E-state index contributed by atoms with van der Waals surface area (Å²) in [5, 5.41) is 11.4. The first-order valence-corrected chi connectivity index (χ1v) is 8.03.